The van der Waals surface area contributed by atoms with Crippen molar-refractivity contribution >= 4 is 16.9 Å². The van der Waals surface area contributed by atoms with E-state index in [-0.39, 0.29) is 5.82 Å². The normalized spacial score (nSPS) is 24.8. The zero-order valence-electron chi connectivity index (χ0n) is 11.3. The summed E-state index contributed by atoms with van der Waals surface area (Å²) < 4.78 is 18.8. The van der Waals surface area contributed by atoms with Gasteiger partial charge < -0.3 is 10.1 Å². The van der Waals surface area contributed by atoms with Gasteiger partial charge in [-0.1, -0.05) is 36.7 Å². The molecule has 1 fully saturated rings. The number of hydrogen-bond acceptors (Lipinski definition) is 4. The van der Waals surface area contributed by atoms with Gasteiger partial charge in [0.1, 0.15) is 0 Å². The lowest BCUT2D eigenvalue weighted by Gasteiger charge is -2.23. The third kappa shape index (κ3) is 3.26. The molecule has 3 rings (SSSR count). The van der Waals surface area contributed by atoms with Crippen LogP contribution >= 0.6 is 11.8 Å². The van der Waals surface area contributed by atoms with Crippen molar-refractivity contribution < 1.29 is 9.13 Å². The minimum Gasteiger partial charge on any atom is -0.490 e. The molecule has 2 atom stereocenters. The van der Waals surface area contributed by atoms with Crippen LogP contribution in [0.15, 0.2) is 29.3 Å². The van der Waals surface area contributed by atoms with Crippen LogP contribution in [0.3, 0.4) is 0 Å². The summed E-state index contributed by atoms with van der Waals surface area (Å²) in [6, 6.07) is 7.52. The predicted molar refractivity (Wildman–Crippen MR) is 81.0 cm³/mol. The maximum atomic E-state index is 13.4. The zero-order valence-corrected chi connectivity index (χ0v) is 12.2. The Morgan fingerprint density at radius 1 is 1.30 bits per heavy atom. The van der Waals surface area contributed by atoms with Gasteiger partial charge in [0.05, 0.1) is 18.7 Å². The van der Waals surface area contributed by atoms with Crippen molar-refractivity contribution in [2.75, 3.05) is 12.4 Å². The Hall–Kier alpha value is -1.23. The Kier molecular flexibility index (Phi) is 4.45. The van der Waals surface area contributed by atoms with Crippen LogP contribution in [-0.4, -0.2) is 29.6 Å². The highest BCUT2D eigenvalue weighted by Gasteiger charge is 2.30. The summed E-state index contributed by atoms with van der Waals surface area (Å²) in [5.74, 6) is 0.794. The molecule has 1 aliphatic heterocycles. The molecule has 3 nitrogen and oxygen atoms in total. The Labute approximate surface area is 123 Å². The molecule has 0 radical (unpaired) electrons. The van der Waals surface area contributed by atoms with E-state index in [0.29, 0.717) is 24.4 Å². The van der Waals surface area contributed by atoms with Gasteiger partial charge in [-0.05, 0) is 25.0 Å². The summed E-state index contributed by atoms with van der Waals surface area (Å²) >= 11 is 1.67. The van der Waals surface area contributed by atoms with Crippen LogP contribution in [0.25, 0.3) is 0 Å². The van der Waals surface area contributed by atoms with Crippen LogP contribution in [0.5, 0.6) is 5.75 Å². The quantitative estimate of drug-likeness (QED) is 0.866. The third-order valence-corrected chi connectivity index (χ3v) is 4.61. The van der Waals surface area contributed by atoms with Crippen LogP contribution in [0, 0.1) is 5.82 Å². The van der Waals surface area contributed by atoms with E-state index in [9.17, 15) is 4.39 Å². The molecule has 1 N–H and O–H groups in total. The Bertz CT molecular complexity index is 495. The number of thioether (sulfide) groups is 1. The predicted octanol–water partition coefficient (Wildman–Crippen LogP) is 3.21. The second kappa shape index (κ2) is 6.48. The summed E-state index contributed by atoms with van der Waals surface area (Å²) in [6.45, 7) is 0.488. The first-order valence-electron chi connectivity index (χ1n) is 7.17. The van der Waals surface area contributed by atoms with Crippen molar-refractivity contribution in [3.05, 3.63) is 30.1 Å². The van der Waals surface area contributed by atoms with Crippen molar-refractivity contribution in [2.24, 2.45) is 4.99 Å². The number of aliphatic imine (C=N–C) groups is 1. The average Bonchev–Trinajstić information content (AvgIpc) is 2.88. The topological polar surface area (TPSA) is 33.6 Å². The SMILES string of the molecule is Fc1ccccc1OCCSC1=N[C@H]2CCCC[C@@H]2N1. The fourth-order valence-corrected chi connectivity index (χ4v) is 3.52. The summed E-state index contributed by atoms with van der Waals surface area (Å²) in [7, 11) is 0. The van der Waals surface area contributed by atoms with Crippen molar-refractivity contribution in [3.8, 4) is 5.75 Å². The summed E-state index contributed by atoms with van der Waals surface area (Å²) in [5, 5.41) is 4.51. The lowest BCUT2D eigenvalue weighted by molar-refractivity contribution is 0.325. The number of ether oxygens (including phenoxy) is 1. The Morgan fingerprint density at radius 3 is 3.00 bits per heavy atom. The minimum absolute atomic E-state index is 0.306. The number of nitrogens with zero attached hydrogens (tertiary/aromatic N) is 1. The standard InChI is InChI=1S/C15H19FN2OS/c16-11-5-1-4-8-14(11)19-9-10-20-15-17-12-6-2-3-7-13(12)18-15/h1,4-5,8,12-13H,2-3,6-7,9-10H2,(H,17,18)/t12-,13-/m0/s1. The van der Waals surface area contributed by atoms with E-state index in [1.807, 2.05) is 0 Å². The zero-order chi connectivity index (χ0) is 13.8. The molecular weight excluding hydrogens is 275 g/mol. The number of fused-ring (bicyclic) bond motifs is 1. The molecule has 1 aliphatic carbocycles. The van der Waals surface area contributed by atoms with Gasteiger partial charge in [0.25, 0.3) is 0 Å². The summed E-state index contributed by atoms with van der Waals surface area (Å²) in [6.07, 6.45) is 5.02. The number of halogens is 1. The first kappa shape index (κ1) is 13.7. The molecular formula is C15H19FN2OS. The molecule has 2 aliphatic rings. The first-order chi connectivity index (χ1) is 9.83. The van der Waals surface area contributed by atoms with Gasteiger partial charge in [-0.15, -0.1) is 0 Å². The molecule has 1 heterocycles. The van der Waals surface area contributed by atoms with Crippen LogP contribution in [0.2, 0.25) is 0 Å². The number of para-hydroxylation sites is 1. The highest BCUT2D eigenvalue weighted by atomic mass is 32.2. The third-order valence-electron chi connectivity index (χ3n) is 3.74. The lowest BCUT2D eigenvalue weighted by atomic mass is 9.92. The van der Waals surface area contributed by atoms with Gasteiger partial charge in [-0.25, -0.2) is 4.39 Å². The van der Waals surface area contributed by atoms with Crippen molar-refractivity contribution in [1.29, 1.82) is 0 Å². The molecule has 0 unspecified atom stereocenters. The number of nitrogens with one attached hydrogen (secondary N) is 1. The first-order valence-corrected chi connectivity index (χ1v) is 8.16. The van der Waals surface area contributed by atoms with Gasteiger partial charge in [0, 0.05) is 5.75 Å². The highest BCUT2D eigenvalue weighted by Crippen LogP contribution is 2.27. The van der Waals surface area contributed by atoms with Gasteiger partial charge >= 0.3 is 0 Å². The van der Waals surface area contributed by atoms with Gasteiger partial charge in [-0.2, -0.15) is 0 Å². The maximum Gasteiger partial charge on any atom is 0.165 e. The molecule has 1 aromatic carbocycles. The van der Waals surface area contributed by atoms with E-state index in [4.69, 9.17) is 9.73 Å². The van der Waals surface area contributed by atoms with E-state index in [1.54, 1.807) is 30.0 Å². The van der Waals surface area contributed by atoms with Gasteiger partial charge in [0.15, 0.2) is 16.7 Å². The monoisotopic (exact) mass is 294 g/mol. The number of rotatable bonds is 4. The molecule has 0 amide bonds. The maximum absolute atomic E-state index is 13.4. The van der Waals surface area contributed by atoms with Crippen molar-refractivity contribution in [2.45, 2.75) is 37.8 Å². The van der Waals surface area contributed by atoms with E-state index in [2.05, 4.69) is 5.32 Å². The lowest BCUT2D eigenvalue weighted by Crippen LogP contribution is -2.36. The fourth-order valence-electron chi connectivity index (χ4n) is 2.71. The molecule has 20 heavy (non-hydrogen) atoms. The molecule has 1 aromatic rings. The van der Waals surface area contributed by atoms with E-state index in [1.165, 1.54) is 31.7 Å². The Morgan fingerprint density at radius 2 is 2.15 bits per heavy atom. The van der Waals surface area contributed by atoms with Gasteiger partial charge in [-0.3, -0.25) is 4.99 Å². The van der Waals surface area contributed by atoms with E-state index in [0.717, 1.165) is 10.9 Å². The molecule has 1 saturated carbocycles. The Balaban J connectivity index is 1.41. The van der Waals surface area contributed by atoms with Crippen LogP contribution in [-0.2, 0) is 0 Å². The minimum atomic E-state index is -0.306. The molecule has 0 spiro atoms. The van der Waals surface area contributed by atoms with Crippen LogP contribution < -0.4 is 10.1 Å². The van der Waals surface area contributed by atoms with E-state index < -0.39 is 0 Å². The molecule has 0 saturated heterocycles. The molecule has 5 heteroatoms. The highest BCUT2D eigenvalue weighted by molar-refractivity contribution is 8.13. The molecule has 0 aromatic heterocycles. The summed E-state index contributed by atoms with van der Waals surface area (Å²) in [5.41, 5.74) is 0. The summed E-state index contributed by atoms with van der Waals surface area (Å²) in [4.78, 5) is 4.71. The fraction of sp³-hybridized carbons (Fsp3) is 0.533. The van der Waals surface area contributed by atoms with Crippen molar-refractivity contribution in [1.82, 2.24) is 5.32 Å². The average molecular weight is 294 g/mol. The van der Waals surface area contributed by atoms with Crippen molar-refractivity contribution in [3.63, 3.8) is 0 Å². The number of benzene rings is 1. The van der Waals surface area contributed by atoms with Gasteiger partial charge in [0.2, 0.25) is 0 Å². The smallest absolute Gasteiger partial charge is 0.165 e. The van der Waals surface area contributed by atoms with Crippen LogP contribution in [0.1, 0.15) is 25.7 Å². The second-order valence-corrected chi connectivity index (χ2v) is 6.25. The number of amidine groups is 1. The molecule has 108 valence electrons. The second-order valence-electron chi connectivity index (χ2n) is 5.16. The van der Waals surface area contributed by atoms with E-state index >= 15 is 0 Å². The number of hydrogen-bond donors (Lipinski definition) is 1. The van der Waals surface area contributed by atoms with Crippen LogP contribution in [0.4, 0.5) is 4.39 Å². The largest absolute Gasteiger partial charge is 0.490 e. The molecule has 0 bridgehead atoms.